The van der Waals surface area contributed by atoms with Crippen LogP contribution in [0.2, 0.25) is 69.5 Å². The molecule has 0 radical (unpaired) electrons. The molecule has 8 nitrogen and oxygen atoms in total. The summed E-state index contributed by atoms with van der Waals surface area (Å²) >= 11 is 0. The fraction of sp³-hybridized carbons (Fsp3) is 0.868. The van der Waals surface area contributed by atoms with Gasteiger partial charge in [-0.2, -0.15) is 0 Å². The second-order valence-electron chi connectivity index (χ2n) is 17.9. The van der Waals surface area contributed by atoms with E-state index in [0.29, 0.717) is 19.4 Å². The van der Waals surface area contributed by atoms with Gasteiger partial charge in [0.15, 0.2) is 8.32 Å². The van der Waals surface area contributed by atoms with E-state index in [-0.39, 0.29) is 55.2 Å². The van der Waals surface area contributed by atoms with E-state index in [1.807, 2.05) is 12.2 Å². The maximum Gasteiger partial charge on any atom is 0.191 e. The van der Waals surface area contributed by atoms with Gasteiger partial charge in [-0.05, 0) is 75.2 Å². The highest BCUT2D eigenvalue weighted by Gasteiger charge is 2.41. The number of carbonyl (C=O) groups excluding carboxylic acids is 1. The Bertz CT molecular complexity index is 970. The van der Waals surface area contributed by atoms with Crippen LogP contribution in [-0.4, -0.2) is 101 Å². The molecule has 0 unspecified atom stereocenters. The van der Waals surface area contributed by atoms with Crippen molar-refractivity contribution in [3.63, 3.8) is 0 Å². The molecule has 286 valence electrons. The number of unbranched alkanes of at least 4 members (excludes halogenated alkanes) is 2. The van der Waals surface area contributed by atoms with E-state index in [1.165, 1.54) is 0 Å². The lowest BCUT2D eigenvalue weighted by Crippen LogP contribution is -2.40. The number of rotatable bonds is 25. The normalized spacial score (nSPS) is 24.0. The van der Waals surface area contributed by atoms with Gasteiger partial charge in [-0.25, -0.2) is 0 Å². The van der Waals surface area contributed by atoms with E-state index < -0.39 is 24.5 Å². The Balaban J connectivity index is 1.95. The van der Waals surface area contributed by atoms with Gasteiger partial charge >= 0.3 is 0 Å². The first-order valence-corrected chi connectivity index (χ1v) is 29.3. The van der Waals surface area contributed by atoms with Gasteiger partial charge in [-0.1, -0.05) is 84.4 Å². The predicted molar refractivity (Wildman–Crippen MR) is 209 cm³/mol. The van der Waals surface area contributed by atoms with Crippen LogP contribution in [0.1, 0.15) is 72.1 Å². The Kier molecular flexibility index (Phi) is 20.0. The van der Waals surface area contributed by atoms with Gasteiger partial charge in [0.05, 0.1) is 24.4 Å². The SMILES string of the molecule is CC(C)(C)[Si](C)(C)OCCC/C=C/[C@@H](OCOCC[Si](C)(C)C)[C@H]1CC[C@H]([C@H]2CC[C@H]([C@@H](/C=C/CCC=O)OCOCC[Si](C)(C)C)O2)O1. The number of hydrogen-bond acceptors (Lipinski definition) is 8. The van der Waals surface area contributed by atoms with E-state index in [9.17, 15) is 4.79 Å². The van der Waals surface area contributed by atoms with Crippen LogP contribution in [-0.2, 0) is 37.6 Å². The van der Waals surface area contributed by atoms with Gasteiger partial charge in [0.1, 0.15) is 32.1 Å². The lowest BCUT2D eigenvalue weighted by Gasteiger charge is -2.36. The van der Waals surface area contributed by atoms with Crippen molar-refractivity contribution < 1.29 is 37.6 Å². The first kappa shape index (κ1) is 44.7. The summed E-state index contributed by atoms with van der Waals surface area (Å²) in [5, 5.41) is 0.222. The minimum absolute atomic E-state index is 0.0161. The molecule has 49 heavy (non-hydrogen) atoms. The summed E-state index contributed by atoms with van der Waals surface area (Å²) in [5.74, 6) is 0. The van der Waals surface area contributed by atoms with E-state index >= 15 is 0 Å². The zero-order valence-electron chi connectivity index (χ0n) is 33.2. The minimum Gasteiger partial charge on any atom is -0.417 e. The third kappa shape index (κ3) is 18.7. The second-order valence-corrected chi connectivity index (χ2v) is 33.9. The van der Waals surface area contributed by atoms with Gasteiger partial charge < -0.3 is 37.6 Å². The highest BCUT2D eigenvalue weighted by molar-refractivity contribution is 6.76. The minimum atomic E-state index is -1.73. The van der Waals surface area contributed by atoms with Crippen LogP contribution in [0.15, 0.2) is 24.3 Å². The molecule has 0 aromatic heterocycles. The van der Waals surface area contributed by atoms with Crippen LogP contribution in [0, 0.1) is 0 Å². The first-order chi connectivity index (χ1) is 22.9. The summed E-state index contributed by atoms with van der Waals surface area (Å²) in [5.41, 5.74) is 0. The summed E-state index contributed by atoms with van der Waals surface area (Å²) in [6, 6.07) is 2.23. The molecule has 2 aliphatic heterocycles. The van der Waals surface area contributed by atoms with E-state index in [0.717, 1.165) is 70.1 Å². The largest absolute Gasteiger partial charge is 0.417 e. The topological polar surface area (TPSA) is 81.7 Å². The summed E-state index contributed by atoms with van der Waals surface area (Å²) in [6.07, 6.45) is 15.8. The van der Waals surface area contributed by atoms with Crippen molar-refractivity contribution in [3.05, 3.63) is 24.3 Å². The molecule has 0 amide bonds. The number of ether oxygens (including phenoxy) is 6. The highest BCUT2D eigenvalue weighted by atomic mass is 28.4. The molecule has 0 saturated carbocycles. The van der Waals surface area contributed by atoms with Crippen LogP contribution in [0.3, 0.4) is 0 Å². The molecule has 0 bridgehead atoms. The number of allylic oxidation sites excluding steroid dienone is 2. The number of hydrogen-bond donors (Lipinski definition) is 0. The maximum atomic E-state index is 10.8. The molecule has 2 fully saturated rings. The van der Waals surface area contributed by atoms with Crippen molar-refractivity contribution >= 4 is 30.8 Å². The van der Waals surface area contributed by atoms with Crippen LogP contribution >= 0.6 is 0 Å². The average molecular weight is 743 g/mol. The van der Waals surface area contributed by atoms with Gasteiger partial charge in [0.25, 0.3) is 0 Å². The van der Waals surface area contributed by atoms with Crippen LogP contribution < -0.4 is 0 Å². The molecule has 2 rings (SSSR count). The van der Waals surface area contributed by atoms with E-state index in [4.69, 9.17) is 32.8 Å². The zero-order valence-corrected chi connectivity index (χ0v) is 36.2. The van der Waals surface area contributed by atoms with E-state index in [1.54, 1.807) is 0 Å². The smallest absolute Gasteiger partial charge is 0.191 e. The number of carbonyl (C=O) groups is 1. The summed E-state index contributed by atoms with van der Waals surface area (Å²) < 4.78 is 44.0. The Morgan fingerprint density at radius 2 is 1.14 bits per heavy atom. The molecule has 2 saturated heterocycles. The molecule has 2 aliphatic rings. The van der Waals surface area contributed by atoms with Crippen molar-refractivity contribution in [2.75, 3.05) is 33.4 Å². The Morgan fingerprint density at radius 1 is 0.673 bits per heavy atom. The molecule has 0 aromatic carbocycles. The monoisotopic (exact) mass is 742 g/mol. The van der Waals surface area contributed by atoms with E-state index in [2.05, 4.69) is 85.3 Å². The maximum absolute atomic E-state index is 10.8. The van der Waals surface area contributed by atoms with Crippen molar-refractivity contribution in [1.82, 2.24) is 0 Å². The average Bonchev–Trinajstić information content (AvgIpc) is 3.67. The predicted octanol–water partition coefficient (Wildman–Crippen LogP) is 9.37. The van der Waals surface area contributed by atoms with Gasteiger partial charge in [-0.15, -0.1) is 0 Å². The molecule has 0 spiro atoms. The van der Waals surface area contributed by atoms with Crippen molar-refractivity contribution in [1.29, 1.82) is 0 Å². The third-order valence-corrected chi connectivity index (χ3v) is 17.8. The van der Waals surface area contributed by atoms with Crippen LogP contribution in [0.5, 0.6) is 0 Å². The zero-order chi connectivity index (χ0) is 36.6. The van der Waals surface area contributed by atoms with Crippen LogP contribution in [0.4, 0.5) is 0 Å². The molecule has 2 heterocycles. The van der Waals surface area contributed by atoms with Crippen molar-refractivity contribution in [2.24, 2.45) is 0 Å². The first-order valence-electron chi connectivity index (χ1n) is 19.0. The molecule has 6 atom stereocenters. The molecule has 0 N–H and O–H groups in total. The molecule has 0 aliphatic carbocycles. The Morgan fingerprint density at radius 3 is 1.57 bits per heavy atom. The van der Waals surface area contributed by atoms with Gasteiger partial charge in [0.2, 0.25) is 0 Å². The lowest BCUT2D eigenvalue weighted by atomic mass is 10.0. The fourth-order valence-electron chi connectivity index (χ4n) is 5.48. The van der Waals surface area contributed by atoms with Gasteiger partial charge in [-0.3, -0.25) is 0 Å². The molecular weight excluding hydrogens is 669 g/mol. The summed E-state index contributed by atoms with van der Waals surface area (Å²) in [4.78, 5) is 10.8. The van der Waals surface area contributed by atoms with Gasteiger partial charge in [0, 0.05) is 42.4 Å². The lowest BCUT2D eigenvalue weighted by molar-refractivity contribution is -0.146. The Labute approximate surface area is 303 Å². The van der Waals surface area contributed by atoms with Crippen LogP contribution in [0.25, 0.3) is 0 Å². The highest BCUT2D eigenvalue weighted by Crippen LogP contribution is 2.37. The summed E-state index contributed by atoms with van der Waals surface area (Å²) in [6.45, 7) is 28.4. The standard InChI is InChI=1S/C38H74O8Si3/c1-38(2,3)49(10,11)44-25-17-13-15-19-33(43-31-41-27-29-48(7,8)9)35-21-23-37(46-35)36-22-20-34(45-36)32(18-14-12-16-24-39)42-30-40-26-28-47(4,5)6/h14-15,18-19,24,32-37H,12-13,16-17,20-23,25-31H2,1-11H3/b18-14+,19-15+/t32-,33-,34-,35-,36-,37-/m1/s1. The third-order valence-electron chi connectivity index (χ3n) is 9.89. The fourth-order valence-corrected chi connectivity index (χ4v) is 8.08. The summed E-state index contributed by atoms with van der Waals surface area (Å²) in [7, 11) is -4.05. The molecule has 11 heteroatoms. The molecule has 0 aromatic rings. The van der Waals surface area contributed by atoms with Crippen molar-refractivity contribution in [3.8, 4) is 0 Å². The number of aldehydes is 1. The second kappa shape index (κ2) is 21.9. The molecular formula is C38H74O8Si3. The van der Waals surface area contributed by atoms with Crippen molar-refractivity contribution in [2.45, 2.75) is 178 Å². The Hall–Kier alpha value is -0.479. The quantitative estimate of drug-likeness (QED) is 0.0301.